The minimum Gasteiger partial charge on any atom is -0.381 e. The summed E-state index contributed by atoms with van der Waals surface area (Å²) in [5, 5.41) is 8.68. The number of nitrogen functional groups attached to an aromatic ring is 1. The molecule has 4 nitrogen and oxygen atoms in total. The highest BCUT2D eigenvalue weighted by Gasteiger charge is 2.11. The second-order valence-corrected chi connectivity index (χ2v) is 4.36. The van der Waals surface area contributed by atoms with Crippen LogP contribution in [0.4, 0.5) is 5.82 Å². The van der Waals surface area contributed by atoms with Crippen LogP contribution in [0.3, 0.4) is 0 Å². The van der Waals surface area contributed by atoms with Gasteiger partial charge in [0.25, 0.3) is 0 Å². The molecular weight excluding hydrogens is 303 g/mol. The Labute approximate surface area is 104 Å². The molecule has 0 aliphatic rings. The molecule has 2 aromatic rings. The lowest BCUT2D eigenvalue weighted by Gasteiger charge is -2.05. The molecule has 1 aromatic carbocycles. The first-order chi connectivity index (χ1) is 7.09. The highest BCUT2D eigenvalue weighted by atomic mass is 79.9. The molecule has 0 radical (unpaired) electrons. The van der Waals surface area contributed by atoms with Crippen molar-refractivity contribution in [1.82, 2.24) is 15.0 Å². The fourth-order valence-electron chi connectivity index (χ4n) is 1.06. The Hall–Kier alpha value is -0.780. The van der Waals surface area contributed by atoms with Crippen molar-refractivity contribution >= 4 is 44.9 Å². The van der Waals surface area contributed by atoms with Gasteiger partial charge in [-0.25, -0.2) is 0 Å². The average molecular weight is 308 g/mol. The Balaban J connectivity index is 2.59. The van der Waals surface area contributed by atoms with Gasteiger partial charge in [0.15, 0.2) is 5.82 Å². The zero-order valence-corrected chi connectivity index (χ0v) is 10.4. The number of hydrogen-bond donors (Lipinski definition) is 1. The molecule has 2 N–H and O–H groups in total. The van der Waals surface area contributed by atoms with E-state index in [2.05, 4.69) is 26.1 Å². The third-order valence-corrected chi connectivity index (χ3v) is 3.50. The van der Waals surface area contributed by atoms with Crippen molar-refractivity contribution in [2.24, 2.45) is 0 Å². The number of halogens is 3. The van der Waals surface area contributed by atoms with Crippen molar-refractivity contribution in [1.29, 1.82) is 0 Å². The maximum Gasteiger partial charge on any atom is 0.166 e. The van der Waals surface area contributed by atoms with Crippen molar-refractivity contribution in [2.75, 3.05) is 5.73 Å². The van der Waals surface area contributed by atoms with Gasteiger partial charge in [0.1, 0.15) is 5.69 Å². The first-order valence-corrected chi connectivity index (χ1v) is 5.46. The second-order valence-electron chi connectivity index (χ2n) is 2.75. The lowest BCUT2D eigenvalue weighted by Crippen LogP contribution is -2.00. The summed E-state index contributed by atoms with van der Waals surface area (Å²) in [5.41, 5.74) is 6.04. The average Bonchev–Trinajstić information content (AvgIpc) is 2.61. The van der Waals surface area contributed by atoms with E-state index in [0.29, 0.717) is 21.6 Å². The normalized spacial score (nSPS) is 10.6. The Morgan fingerprint density at radius 2 is 2.00 bits per heavy atom. The number of hydrogen-bond acceptors (Lipinski definition) is 3. The molecule has 1 heterocycles. The van der Waals surface area contributed by atoms with Crippen LogP contribution < -0.4 is 5.73 Å². The zero-order valence-electron chi connectivity index (χ0n) is 7.28. The van der Waals surface area contributed by atoms with Gasteiger partial charge in [-0.2, -0.15) is 5.10 Å². The number of benzene rings is 1. The minimum atomic E-state index is 0.324. The Morgan fingerprint density at radius 3 is 2.60 bits per heavy atom. The van der Waals surface area contributed by atoms with Crippen LogP contribution in [0.2, 0.25) is 10.0 Å². The van der Waals surface area contributed by atoms with Crippen LogP contribution in [0.1, 0.15) is 0 Å². The summed E-state index contributed by atoms with van der Waals surface area (Å²) >= 11 is 15.3. The molecule has 0 atom stereocenters. The minimum absolute atomic E-state index is 0.324. The molecule has 0 fully saturated rings. The Bertz CT molecular complexity index is 511. The van der Waals surface area contributed by atoms with Crippen LogP contribution in [0.15, 0.2) is 22.8 Å². The van der Waals surface area contributed by atoms with E-state index >= 15 is 0 Å². The first kappa shape index (κ1) is 10.7. The van der Waals surface area contributed by atoms with Crippen molar-refractivity contribution in [3.05, 3.63) is 32.8 Å². The number of nitrogens with zero attached hydrogens (tertiary/aromatic N) is 3. The molecule has 15 heavy (non-hydrogen) atoms. The van der Waals surface area contributed by atoms with Crippen LogP contribution in [0.25, 0.3) is 5.69 Å². The molecule has 1 aromatic heterocycles. The topological polar surface area (TPSA) is 56.7 Å². The van der Waals surface area contributed by atoms with Gasteiger partial charge in [0.2, 0.25) is 0 Å². The Morgan fingerprint density at radius 1 is 1.27 bits per heavy atom. The van der Waals surface area contributed by atoms with E-state index in [-0.39, 0.29) is 0 Å². The molecule has 7 heteroatoms. The van der Waals surface area contributed by atoms with Crippen molar-refractivity contribution in [3.63, 3.8) is 0 Å². The Kier molecular flexibility index (Phi) is 2.86. The molecule has 0 amide bonds. The van der Waals surface area contributed by atoms with Gasteiger partial charge in [-0.15, -0.1) is 9.90 Å². The third-order valence-electron chi connectivity index (χ3n) is 1.74. The first-order valence-electron chi connectivity index (χ1n) is 3.91. The van der Waals surface area contributed by atoms with Gasteiger partial charge in [-0.1, -0.05) is 23.2 Å². The van der Waals surface area contributed by atoms with Gasteiger partial charge in [0, 0.05) is 4.47 Å². The standard InChI is InChI=1S/C8H5BrCl2N4/c9-4-1-2-5(8(11)7(4)10)15-13-3-6(12)14-15/h1-3H,(H2,12,14). The van der Waals surface area contributed by atoms with E-state index in [1.165, 1.54) is 11.0 Å². The van der Waals surface area contributed by atoms with Crippen LogP contribution in [0.5, 0.6) is 0 Å². The van der Waals surface area contributed by atoms with E-state index < -0.39 is 0 Å². The summed E-state index contributed by atoms with van der Waals surface area (Å²) in [6, 6.07) is 3.51. The zero-order chi connectivity index (χ0) is 11.0. The van der Waals surface area contributed by atoms with Gasteiger partial charge < -0.3 is 5.73 Å². The molecule has 0 saturated heterocycles. The van der Waals surface area contributed by atoms with Gasteiger partial charge >= 0.3 is 0 Å². The predicted octanol–water partition coefficient (Wildman–Crippen LogP) is 2.92. The van der Waals surface area contributed by atoms with E-state index in [9.17, 15) is 0 Å². The SMILES string of the molecule is Nc1cnn(-c2ccc(Br)c(Cl)c2Cl)n1. The monoisotopic (exact) mass is 306 g/mol. The largest absolute Gasteiger partial charge is 0.381 e. The molecule has 0 bridgehead atoms. The summed E-state index contributed by atoms with van der Waals surface area (Å²) < 4.78 is 0.720. The van der Waals surface area contributed by atoms with Gasteiger partial charge in [0.05, 0.1) is 16.2 Å². The summed E-state index contributed by atoms with van der Waals surface area (Å²) in [7, 11) is 0. The number of aromatic nitrogens is 3. The molecule has 0 unspecified atom stereocenters. The lowest BCUT2D eigenvalue weighted by atomic mass is 10.3. The van der Waals surface area contributed by atoms with Crippen molar-refractivity contribution in [2.45, 2.75) is 0 Å². The molecule has 0 aliphatic heterocycles. The fourth-order valence-corrected chi connectivity index (χ4v) is 1.91. The van der Waals surface area contributed by atoms with Gasteiger partial charge in [-0.3, -0.25) is 0 Å². The van der Waals surface area contributed by atoms with Crippen molar-refractivity contribution in [3.8, 4) is 5.69 Å². The smallest absolute Gasteiger partial charge is 0.166 e. The van der Waals surface area contributed by atoms with Crippen LogP contribution in [-0.2, 0) is 0 Å². The third kappa shape index (κ3) is 1.95. The molecule has 78 valence electrons. The molecule has 0 saturated carbocycles. The highest BCUT2D eigenvalue weighted by molar-refractivity contribution is 9.10. The summed E-state index contributed by atoms with van der Waals surface area (Å²) in [4.78, 5) is 1.33. The summed E-state index contributed by atoms with van der Waals surface area (Å²) in [5.74, 6) is 0.324. The fraction of sp³-hybridized carbons (Fsp3) is 0. The predicted molar refractivity (Wildman–Crippen MR) is 63.5 cm³/mol. The maximum absolute atomic E-state index is 6.04. The van der Waals surface area contributed by atoms with E-state index in [0.717, 1.165) is 4.47 Å². The molecule has 0 aliphatic carbocycles. The number of nitrogens with two attached hydrogens (primary N) is 1. The number of rotatable bonds is 1. The van der Waals surface area contributed by atoms with Crippen LogP contribution in [0, 0.1) is 0 Å². The van der Waals surface area contributed by atoms with E-state index in [1.807, 2.05) is 0 Å². The number of anilines is 1. The highest BCUT2D eigenvalue weighted by Crippen LogP contribution is 2.34. The van der Waals surface area contributed by atoms with Crippen molar-refractivity contribution < 1.29 is 0 Å². The van der Waals surface area contributed by atoms with Crippen LogP contribution in [-0.4, -0.2) is 15.0 Å². The van der Waals surface area contributed by atoms with E-state index in [4.69, 9.17) is 28.9 Å². The second kappa shape index (κ2) is 4.00. The van der Waals surface area contributed by atoms with E-state index in [1.54, 1.807) is 12.1 Å². The quantitative estimate of drug-likeness (QED) is 0.824. The van der Waals surface area contributed by atoms with Crippen LogP contribution >= 0.6 is 39.1 Å². The molecule has 0 spiro atoms. The summed E-state index contributed by atoms with van der Waals surface area (Å²) in [6.07, 6.45) is 1.44. The van der Waals surface area contributed by atoms with Gasteiger partial charge in [-0.05, 0) is 28.1 Å². The maximum atomic E-state index is 6.04. The lowest BCUT2D eigenvalue weighted by molar-refractivity contribution is 0.754. The summed E-state index contributed by atoms with van der Waals surface area (Å²) in [6.45, 7) is 0. The molecule has 2 rings (SSSR count). The molecular formula is C8H5BrCl2N4.